The van der Waals surface area contributed by atoms with Crippen molar-refractivity contribution in [2.24, 2.45) is 4.99 Å². The van der Waals surface area contributed by atoms with Crippen LogP contribution in [0.1, 0.15) is 24.5 Å². The molecule has 0 aliphatic carbocycles. The van der Waals surface area contributed by atoms with E-state index in [1.54, 1.807) is 18.2 Å². The molecular formula is C14H14FNO2. The highest BCUT2D eigenvalue weighted by Crippen LogP contribution is 2.16. The number of hydrogen-bond acceptors (Lipinski definition) is 3. The van der Waals surface area contributed by atoms with Gasteiger partial charge in [-0.3, -0.25) is 9.79 Å². The molecule has 0 unspecified atom stereocenters. The minimum absolute atomic E-state index is 0.173. The Hall–Kier alpha value is -1.97. The van der Waals surface area contributed by atoms with Gasteiger partial charge in [-0.1, -0.05) is 6.07 Å². The minimum Gasteiger partial charge on any atom is -0.435 e. The third kappa shape index (κ3) is 2.64. The van der Waals surface area contributed by atoms with Crippen molar-refractivity contribution in [1.82, 2.24) is 0 Å². The maximum Gasteiger partial charge on any atom is 0.225 e. The fraction of sp³-hybridized carbons (Fsp3) is 0.286. The van der Waals surface area contributed by atoms with E-state index in [1.807, 2.05) is 6.92 Å². The van der Waals surface area contributed by atoms with Crippen LogP contribution < -0.4 is 0 Å². The van der Waals surface area contributed by atoms with Crippen molar-refractivity contribution in [3.63, 3.8) is 0 Å². The zero-order valence-corrected chi connectivity index (χ0v) is 10.4. The van der Waals surface area contributed by atoms with E-state index in [2.05, 4.69) is 4.99 Å². The molecule has 18 heavy (non-hydrogen) atoms. The summed E-state index contributed by atoms with van der Waals surface area (Å²) < 4.78 is 19.2. The third-order valence-corrected chi connectivity index (χ3v) is 2.62. The molecule has 1 heterocycles. The first-order chi connectivity index (χ1) is 8.58. The number of allylic oxidation sites excluding steroid dienone is 1. The van der Waals surface area contributed by atoms with E-state index >= 15 is 0 Å². The number of hydrogen-bond donors (Lipinski definition) is 0. The summed E-state index contributed by atoms with van der Waals surface area (Å²) in [7, 11) is 0. The van der Waals surface area contributed by atoms with Crippen molar-refractivity contribution in [1.29, 1.82) is 0 Å². The summed E-state index contributed by atoms with van der Waals surface area (Å²) in [5.41, 5.74) is 1.11. The van der Waals surface area contributed by atoms with Gasteiger partial charge < -0.3 is 4.74 Å². The summed E-state index contributed by atoms with van der Waals surface area (Å²) in [5, 5.41) is 0. The Labute approximate surface area is 105 Å². The first-order valence-electron chi connectivity index (χ1n) is 5.78. The van der Waals surface area contributed by atoms with Crippen molar-refractivity contribution in [2.75, 3.05) is 6.54 Å². The van der Waals surface area contributed by atoms with Gasteiger partial charge in [-0.25, -0.2) is 4.39 Å². The molecule has 4 heteroatoms. The van der Waals surface area contributed by atoms with E-state index < -0.39 is 5.82 Å². The zero-order chi connectivity index (χ0) is 13.1. The Morgan fingerprint density at radius 2 is 2.22 bits per heavy atom. The number of nitrogens with zero attached hydrogens (tertiary/aromatic N) is 1. The van der Waals surface area contributed by atoms with Gasteiger partial charge in [0.2, 0.25) is 5.90 Å². The first-order valence-corrected chi connectivity index (χ1v) is 5.78. The summed E-state index contributed by atoms with van der Waals surface area (Å²) in [4.78, 5) is 15.5. The van der Waals surface area contributed by atoms with Crippen molar-refractivity contribution < 1.29 is 13.9 Å². The maximum absolute atomic E-state index is 13.8. The predicted molar refractivity (Wildman–Crippen MR) is 67.0 cm³/mol. The Balaban J connectivity index is 2.35. The van der Waals surface area contributed by atoms with Gasteiger partial charge in [0.25, 0.3) is 0 Å². The Morgan fingerprint density at radius 3 is 2.89 bits per heavy atom. The van der Waals surface area contributed by atoms with E-state index in [1.165, 1.54) is 13.0 Å². The van der Waals surface area contributed by atoms with Crippen LogP contribution in [0.15, 0.2) is 35.0 Å². The quantitative estimate of drug-likeness (QED) is 0.806. The van der Waals surface area contributed by atoms with Crippen LogP contribution in [0.2, 0.25) is 0 Å². The van der Waals surface area contributed by atoms with Crippen LogP contribution in [0.4, 0.5) is 4.39 Å². The van der Waals surface area contributed by atoms with Crippen LogP contribution in [0.25, 0.3) is 0 Å². The highest BCUT2D eigenvalue weighted by molar-refractivity contribution is 6.00. The van der Waals surface area contributed by atoms with Crippen molar-refractivity contribution in [3.05, 3.63) is 47.0 Å². The topological polar surface area (TPSA) is 38.7 Å². The van der Waals surface area contributed by atoms with Crippen molar-refractivity contribution >= 4 is 11.7 Å². The van der Waals surface area contributed by atoms with Gasteiger partial charge in [0.05, 0.1) is 5.56 Å². The molecule has 1 aromatic rings. The molecule has 0 saturated heterocycles. The molecule has 0 N–H and O–H groups in total. The smallest absolute Gasteiger partial charge is 0.225 e. The second-order valence-electron chi connectivity index (χ2n) is 4.19. The summed E-state index contributed by atoms with van der Waals surface area (Å²) >= 11 is 0. The molecule has 2 rings (SSSR count). The molecule has 1 aliphatic rings. The standard InChI is InChI=1S/C14H14FNO2/c1-9-5-6-11(12(15)8-9)14-16-7-3-4-13(18-14)10(2)17/h4-6,8H,3,7H2,1-2H3. The lowest BCUT2D eigenvalue weighted by Gasteiger charge is -2.09. The normalized spacial score (nSPS) is 15.3. The molecule has 0 atom stereocenters. The Morgan fingerprint density at radius 1 is 1.44 bits per heavy atom. The molecule has 0 amide bonds. The molecule has 94 valence electrons. The van der Waals surface area contributed by atoms with Crippen LogP contribution in [0.3, 0.4) is 0 Å². The number of halogens is 1. The average molecular weight is 247 g/mol. The molecule has 3 nitrogen and oxygen atoms in total. The molecule has 1 aromatic carbocycles. The number of benzene rings is 1. The van der Waals surface area contributed by atoms with Gasteiger partial charge in [-0.15, -0.1) is 0 Å². The lowest BCUT2D eigenvalue weighted by atomic mass is 10.1. The van der Waals surface area contributed by atoms with Crippen molar-refractivity contribution in [3.8, 4) is 0 Å². The summed E-state index contributed by atoms with van der Waals surface area (Å²) in [6.07, 6.45) is 2.30. The van der Waals surface area contributed by atoms with E-state index in [-0.39, 0.29) is 23.0 Å². The molecule has 0 saturated carbocycles. The fourth-order valence-electron chi connectivity index (χ4n) is 1.69. The lowest BCUT2D eigenvalue weighted by molar-refractivity contribution is -0.115. The van der Waals surface area contributed by atoms with Gasteiger partial charge in [0.1, 0.15) is 5.82 Å². The third-order valence-electron chi connectivity index (χ3n) is 2.62. The van der Waals surface area contributed by atoms with Crippen LogP contribution >= 0.6 is 0 Å². The van der Waals surface area contributed by atoms with Gasteiger partial charge >= 0.3 is 0 Å². The summed E-state index contributed by atoms with van der Waals surface area (Å²) in [6.45, 7) is 3.71. The highest BCUT2D eigenvalue weighted by atomic mass is 19.1. The molecule has 1 aliphatic heterocycles. The number of aliphatic imine (C=N–C) groups is 1. The van der Waals surface area contributed by atoms with Gasteiger partial charge in [0, 0.05) is 13.5 Å². The second-order valence-corrected chi connectivity index (χ2v) is 4.19. The number of rotatable bonds is 2. The lowest BCUT2D eigenvalue weighted by Crippen LogP contribution is -2.12. The van der Waals surface area contributed by atoms with Gasteiger partial charge in [-0.05, 0) is 37.1 Å². The second kappa shape index (κ2) is 5.12. The maximum atomic E-state index is 13.8. The van der Waals surface area contributed by atoms with E-state index in [0.717, 1.165) is 5.56 Å². The largest absolute Gasteiger partial charge is 0.435 e. The summed E-state index contributed by atoms with van der Waals surface area (Å²) in [6, 6.07) is 4.82. The van der Waals surface area contributed by atoms with Crippen LogP contribution in [-0.2, 0) is 9.53 Å². The van der Waals surface area contributed by atoms with E-state index in [4.69, 9.17) is 4.74 Å². The van der Waals surface area contributed by atoms with E-state index in [0.29, 0.717) is 13.0 Å². The van der Waals surface area contributed by atoms with Crippen LogP contribution in [0, 0.1) is 12.7 Å². The molecule has 0 spiro atoms. The average Bonchev–Trinajstić information content (AvgIpc) is 2.54. The number of aryl methyl sites for hydroxylation is 1. The van der Waals surface area contributed by atoms with E-state index in [9.17, 15) is 9.18 Å². The molecule has 0 aromatic heterocycles. The number of carbonyl (C=O) groups excluding carboxylic acids is 1. The van der Waals surface area contributed by atoms with Crippen LogP contribution in [0.5, 0.6) is 0 Å². The molecule has 0 fully saturated rings. The highest BCUT2D eigenvalue weighted by Gasteiger charge is 2.17. The first kappa shape index (κ1) is 12.5. The number of carbonyl (C=O) groups is 1. The van der Waals surface area contributed by atoms with Crippen molar-refractivity contribution in [2.45, 2.75) is 20.3 Å². The van der Waals surface area contributed by atoms with Crippen LogP contribution in [-0.4, -0.2) is 18.2 Å². The number of ether oxygens (including phenoxy) is 1. The number of ketones is 1. The summed E-state index contributed by atoms with van der Waals surface area (Å²) in [5.74, 6) is -0.173. The fourth-order valence-corrected chi connectivity index (χ4v) is 1.69. The molecular weight excluding hydrogens is 233 g/mol. The Bertz CT molecular complexity index is 547. The molecule has 0 bridgehead atoms. The monoisotopic (exact) mass is 247 g/mol. The van der Waals surface area contributed by atoms with Gasteiger partial charge in [-0.2, -0.15) is 0 Å². The predicted octanol–water partition coefficient (Wildman–Crippen LogP) is 2.77. The minimum atomic E-state index is -0.390. The SMILES string of the molecule is CC(=O)C1=CCCN=C(c2ccc(C)cc2F)O1. The van der Waals surface area contributed by atoms with Gasteiger partial charge in [0.15, 0.2) is 11.5 Å². The Kier molecular flexibility index (Phi) is 3.55. The molecule has 0 radical (unpaired) electrons. The zero-order valence-electron chi connectivity index (χ0n) is 10.4. The number of Topliss-reactive ketones (excluding diaryl/α,β-unsaturated/α-hetero) is 1.